The lowest BCUT2D eigenvalue weighted by molar-refractivity contribution is 0.237. The van der Waals surface area contributed by atoms with Crippen LogP contribution in [0.4, 0.5) is 0 Å². The van der Waals surface area contributed by atoms with Crippen molar-refractivity contribution in [3.05, 3.63) is 0 Å². The van der Waals surface area contributed by atoms with Gasteiger partial charge in [-0.05, 0) is 52.7 Å². The summed E-state index contributed by atoms with van der Waals surface area (Å²) in [6.07, 6.45) is 9.67. The first-order valence-corrected chi connectivity index (χ1v) is 6.65. The minimum Gasteiger partial charge on any atom is -0.317 e. The molecule has 0 aromatic rings. The first-order valence-electron chi connectivity index (χ1n) is 6.65. The SMILES string of the molecule is CCC(CCCN(C)C1CCCC1)NC. The van der Waals surface area contributed by atoms with Crippen LogP contribution in [-0.2, 0) is 0 Å². The van der Waals surface area contributed by atoms with E-state index in [1.54, 1.807) is 0 Å². The Kier molecular flexibility index (Phi) is 6.26. The van der Waals surface area contributed by atoms with Crippen molar-refractivity contribution < 1.29 is 0 Å². The second kappa shape index (κ2) is 7.24. The van der Waals surface area contributed by atoms with Crippen LogP contribution in [0.25, 0.3) is 0 Å². The summed E-state index contributed by atoms with van der Waals surface area (Å²) in [6.45, 7) is 3.55. The van der Waals surface area contributed by atoms with Gasteiger partial charge in [0.1, 0.15) is 0 Å². The molecule has 1 atom stereocenters. The summed E-state index contributed by atoms with van der Waals surface area (Å²) in [4.78, 5) is 2.58. The van der Waals surface area contributed by atoms with E-state index in [1.165, 1.54) is 51.5 Å². The van der Waals surface area contributed by atoms with Gasteiger partial charge in [0.25, 0.3) is 0 Å². The Hall–Kier alpha value is -0.0800. The number of rotatable bonds is 7. The molecule has 2 heteroatoms. The molecule has 2 nitrogen and oxygen atoms in total. The molecule has 0 aromatic carbocycles. The lowest BCUT2D eigenvalue weighted by Gasteiger charge is -2.24. The summed E-state index contributed by atoms with van der Waals surface area (Å²) in [5.74, 6) is 0. The maximum atomic E-state index is 3.38. The number of nitrogens with one attached hydrogen (secondary N) is 1. The van der Waals surface area contributed by atoms with E-state index in [2.05, 4.69) is 31.2 Å². The van der Waals surface area contributed by atoms with Gasteiger partial charge in [-0.1, -0.05) is 19.8 Å². The number of hydrogen-bond acceptors (Lipinski definition) is 2. The molecule has 0 radical (unpaired) electrons. The molecule has 0 spiro atoms. The predicted octanol–water partition coefficient (Wildman–Crippen LogP) is 2.64. The van der Waals surface area contributed by atoms with Crippen molar-refractivity contribution >= 4 is 0 Å². The van der Waals surface area contributed by atoms with Crippen LogP contribution in [0.2, 0.25) is 0 Å². The van der Waals surface area contributed by atoms with Gasteiger partial charge < -0.3 is 10.2 Å². The molecule has 1 saturated carbocycles. The van der Waals surface area contributed by atoms with E-state index in [9.17, 15) is 0 Å². The lowest BCUT2D eigenvalue weighted by atomic mass is 10.1. The van der Waals surface area contributed by atoms with Gasteiger partial charge in [-0.25, -0.2) is 0 Å². The number of hydrogen-bond donors (Lipinski definition) is 1. The third-order valence-electron chi connectivity index (χ3n) is 3.91. The quantitative estimate of drug-likeness (QED) is 0.698. The molecule has 0 aliphatic heterocycles. The van der Waals surface area contributed by atoms with Gasteiger partial charge in [0.05, 0.1) is 0 Å². The second-order valence-corrected chi connectivity index (χ2v) is 4.95. The van der Waals surface area contributed by atoms with Crippen molar-refractivity contribution in [2.24, 2.45) is 0 Å². The molecular formula is C13H28N2. The molecule has 15 heavy (non-hydrogen) atoms. The minimum atomic E-state index is 0.724. The average molecular weight is 212 g/mol. The van der Waals surface area contributed by atoms with Gasteiger partial charge in [0.15, 0.2) is 0 Å². The zero-order valence-electron chi connectivity index (χ0n) is 10.8. The van der Waals surface area contributed by atoms with E-state index in [0.717, 1.165) is 12.1 Å². The van der Waals surface area contributed by atoms with Gasteiger partial charge in [0.2, 0.25) is 0 Å². The summed E-state index contributed by atoms with van der Waals surface area (Å²) in [5.41, 5.74) is 0. The first kappa shape index (κ1) is 13.0. The molecule has 0 aromatic heterocycles. The van der Waals surface area contributed by atoms with Gasteiger partial charge in [0, 0.05) is 12.1 Å². The van der Waals surface area contributed by atoms with Crippen LogP contribution < -0.4 is 5.32 Å². The third-order valence-corrected chi connectivity index (χ3v) is 3.91. The zero-order valence-corrected chi connectivity index (χ0v) is 10.8. The molecule has 1 aliphatic carbocycles. The summed E-state index contributed by atoms with van der Waals surface area (Å²) < 4.78 is 0. The normalized spacial score (nSPS) is 20.0. The Bertz CT molecular complexity index is 149. The standard InChI is InChI=1S/C13H28N2/c1-4-12(14-2)8-7-11-15(3)13-9-5-6-10-13/h12-14H,4-11H2,1-3H3. The van der Waals surface area contributed by atoms with Crippen LogP contribution >= 0.6 is 0 Å². The van der Waals surface area contributed by atoms with Gasteiger partial charge in [-0.2, -0.15) is 0 Å². The smallest absolute Gasteiger partial charge is 0.00922 e. The third kappa shape index (κ3) is 4.52. The molecule has 1 aliphatic rings. The van der Waals surface area contributed by atoms with Crippen LogP contribution in [0.5, 0.6) is 0 Å². The van der Waals surface area contributed by atoms with E-state index in [4.69, 9.17) is 0 Å². The van der Waals surface area contributed by atoms with E-state index >= 15 is 0 Å². The zero-order chi connectivity index (χ0) is 11.1. The number of nitrogens with zero attached hydrogens (tertiary/aromatic N) is 1. The predicted molar refractivity (Wildman–Crippen MR) is 67.3 cm³/mol. The van der Waals surface area contributed by atoms with Gasteiger partial charge in [-0.3, -0.25) is 0 Å². The van der Waals surface area contributed by atoms with Crippen molar-refractivity contribution in [1.29, 1.82) is 0 Å². The molecule has 1 unspecified atom stereocenters. The van der Waals surface area contributed by atoms with E-state index < -0.39 is 0 Å². The largest absolute Gasteiger partial charge is 0.317 e. The maximum Gasteiger partial charge on any atom is 0.00922 e. The molecule has 1 N–H and O–H groups in total. The molecule has 1 rings (SSSR count). The van der Waals surface area contributed by atoms with Crippen molar-refractivity contribution in [1.82, 2.24) is 10.2 Å². The van der Waals surface area contributed by atoms with E-state index in [0.29, 0.717) is 0 Å². The molecule has 0 amide bonds. The topological polar surface area (TPSA) is 15.3 Å². The first-order chi connectivity index (χ1) is 7.27. The molecular weight excluding hydrogens is 184 g/mol. The van der Waals surface area contributed by atoms with Crippen molar-refractivity contribution in [2.45, 2.75) is 64.0 Å². The van der Waals surface area contributed by atoms with Gasteiger partial charge >= 0.3 is 0 Å². The summed E-state index contributed by atoms with van der Waals surface area (Å²) in [5, 5.41) is 3.38. The Balaban J connectivity index is 2.07. The van der Waals surface area contributed by atoms with E-state index in [1.807, 2.05) is 0 Å². The van der Waals surface area contributed by atoms with Crippen molar-refractivity contribution in [2.75, 3.05) is 20.6 Å². The fourth-order valence-corrected chi connectivity index (χ4v) is 2.67. The van der Waals surface area contributed by atoms with Crippen LogP contribution in [0, 0.1) is 0 Å². The summed E-state index contributed by atoms with van der Waals surface area (Å²) in [7, 11) is 4.38. The molecule has 90 valence electrons. The Labute approximate surface area is 95.4 Å². The van der Waals surface area contributed by atoms with Crippen LogP contribution in [-0.4, -0.2) is 37.6 Å². The van der Waals surface area contributed by atoms with Crippen molar-refractivity contribution in [3.63, 3.8) is 0 Å². The monoisotopic (exact) mass is 212 g/mol. The molecule has 0 saturated heterocycles. The van der Waals surface area contributed by atoms with Crippen LogP contribution in [0.15, 0.2) is 0 Å². The Morgan fingerprint density at radius 2 is 2.00 bits per heavy atom. The Morgan fingerprint density at radius 1 is 1.33 bits per heavy atom. The second-order valence-electron chi connectivity index (χ2n) is 4.95. The fraction of sp³-hybridized carbons (Fsp3) is 1.00. The highest BCUT2D eigenvalue weighted by atomic mass is 15.1. The highest BCUT2D eigenvalue weighted by Crippen LogP contribution is 2.22. The fourth-order valence-electron chi connectivity index (χ4n) is 2.67. The minimum absolute atomic E-state index is 0.724. The maximum absolute atomic E-state index is 3.38. The van der Waals surface area contributed by atoms with Crippen LogP contribution in [0.3, 0.4) is 0 Å². The highest BCUT2D eigenvalue weighted by Gasteiger charge is 2.18. The lowest BCUT2D eigenvalue weighted by Crippen LogP contribution is -2.31. The van der Waals surface area contributed by atoms with Crippen molar-refractivity contribution in [3.8, 4) is 0 Å². The average Bonchev–Trinajstić information content (AvgIpc) is 2.77. The summed E-state index contributed by atoms with van der Waals surface area (Å²) >= 11 is 0. The summed E-state index contributed by atoms with van der Waals surface area (Å²) in [6, 6.07) is 1.61. The molecule has 0 heterocycles. The van der Waals surface area contributed by atoms with E-state index in [-0.39, 0.29) is 0 Å². The van der Waals surface area contributed by atoms with Gasteiger partial charge in [-0.15, -0.1) is 0 Å². The highest BCUT2D eigenvalue weighted by molar-refractivity contribution is 4.75. The van der Waals surface area contributed by atoms with Crippen LogP contribution in [0.1, 0.15) is 51.9 Å². The Morgan fingerprint density at radius 3 is 2.53 bits per heavy atom. The molecule has 0 bridgehead atoms. The molecule has 1 fully saturated rings.